The van der Waals surface area contributed by atoms with E-state index < -0.39 is 0 Å². The Morgan fingerprint density at radius 3 is 2.67 bits per heavy atom. The van der Waals surface area contributed by atoms with Gasteiger partial charge in [-0.2, -0.15) is 0 Å². The number of esters is 1. The fourth-order valence-electron chi connectivity index (χ4n) is 3.83. The largest absolute Gasteiger partial charge is 0.463 e. The first kappa shape index (κ1) is 24.1. The summed E-state index contributed by atoms with van der Waals surface area (Å²) in [5.74, 6) is 0.214. The molecule has 30 heavy (non-hydrogen) atoms. The molecular weight excluding hydrogens is 376 g/mol. The quantitative estimate of drug-likeness (QED) is 0.275. The summed E-state index contributed by atoms with van der Waals surface area (Å²) >= 11 is 0. The molecule has 1 N–H and O–H groups in total. The molecule has 0 bridgehead atoms. The molecule has 0 heterocycles. The van der Waals surface area contributed by atoms with Crippen LogP contribution in [0.5, 0.6) is 0 Å². The van der Waals surface area contributed by atoms with Crippen LogP contribution in [-0.2, 0) is 20.7 Å². The Hall–Kier alpha value is -2.20. The summed E-state index contributed by atoms with van der Waals surface area (Å²) < 4.78 is 5.12. The van der Waals surface area contributed by atoms with E-state index in [1.807, 2.05) is 38.1 Å². The van der Waals surface area contributed by atoms with Crippen molar-refractivity contribution in [3.63, 3.8) is 0 Å². The molecule has 4 heteroatoms. The van der Waals surface area contributed by atoms with Crippen LogP contribution in [0.25, 0.3) is 0 Å². The molecule has 164 valence electrons. The Labute approximate surface area is 181 Å². The average molecular weight is 413 g/mol. The van der Waals surface area contributed by atoms with E-state index in [-0.39, 0.29) is 35.8 Å². The predicted molar refractivity (Wildman–Crippen MR) is 120 cm³/mol. The average Bonchev–Trinajstić information content (AvgIpc) is 3.07. The van der Waals surface area contributed by atoms with Crippen LogP contribution < -0.4 is 0 Å². The van der Waals surface area contributed by atoms with Gasteiger partial charge in [0.1, 0.15) is 0 Å². The molecule has 2 rings (SSSR count). The minimum Gasteiger partial charge on any atom is -0.463 e. The normalized spacial score (nSPS) is 19.7. The molecule has 1 aromatic carbocycles. The highest BCUT2D eigenvalue weighted by molar-refractivity contribution is 5.94. The SMILES string of the molecule is CC(C)OC(=O)CCC/C=C/CC1C(=O)C=CC1CCC(O)CCc1ccccc1. The molecule has 0 aliphatic heterocycles. The fourth-order valence-corrected chi connectivity index (χ4v) is 3.83. The van der Waals surface area contributed by atoms with E-state index in [4.69, 9.17) is 4.74 Å². The van der Waals surface area contributed by atoms with E-state index in [0.717, 1.165) is 32.1 Å². The molecular formula is C26H36O4. The van der Waals surface area contributed by atoms with Gasteiger partial charge in [-0.15, -0.1) is 0 Å². The van der Waals surface area contributed by atoms with Crippen molar-refractivity contribution >= 4 is 11.8 Å². The molecule has 1 aliphatic rings. The summed E-state index contributed by atoms with van der Waals surface area (Å²) in [7, 11) is 0. The zero-order valence-electron chi connectivity index (χ0n) is 18.3. The van der Waals surface area contributed by atoms with Crippen molar-refractivity contribution in [2.45, 2.75) is 77.4 Å². The molecule has 0 spiro atoms. The molecule has 0 saturated carbocycles. The highest BCUT2D eigenvalue weighted by atomic mass is 16.5. The van der Waals surface area contributed by atoms with Crippen molar-refractivity contribution in [1.82, 2.24) is 0 Å². The number of aryl methyl sites for hydroxylation is 1. The lowest BCUT2D eigenvalue weighted by Gasteiger charge is -2.18. The zero-order valence-corrected chi connectivity index (χ0v) is 18.3. The Kier molecular flexibility index (Phi) is 10.6. The molecule has 0 radical (unpaired) electrons. The number of ether oxygens (including phenoxy) is 1. The minimum absolute atomic E-state index is 0.0199. The predicted octanol–water partition coefficient (Wildman–Crippen LogP) is 5.20. The van der Waals surface area contributed by atoms with Crippen LogP contribution in [-0.4, -0.2) is 29.1 Å². The molecule has 0 fully saturated rings. The van der Waals surface area contributed by atoms with Crippen molar-refractivity contribution < 1.29 is 19.4 Å². The first-order valence-electron chi connectivity index (χ1n) is 11.2. The molecule has 0 saturated heterocycles. The van der Waals surface area contributed by atoms with E-state index in [1.54, 1.807) is 6.08 Å². The highest BCUT2D eigenvalue weighted by Crippen LogP contribution is 2.30. The first-order chi connectivity index (χ1) is 14.5. The van der Waals surface area contributed by atoms with Gasteiger partial charge in [-0.1, -0.05) is 48.6 Å². The van der Waals surface area contributed by atoms with Crippen molar-refractivity contribution in [2.75, 3.05) is 0 Å². The number of rotatable bonds is 13. The van der Waals surface area contributed by atoms with Gasteiger partial charge in [-0.25, -0.2) is 0 Å². The van der Waals surface area contributed by atoms with E-state index in [9.17, 15) is 14.7 Å². The summed E-state index contributed by atoms with van der Waals surface area (Å²) in [5.41, 5.74) is 1.24. The van der Waals surface area contributed by atoms with Crippen LogP contribution >= 0.6 is 0 Å². The fraction of sp³-hybridized carbons (Fsp3) is 0.538. The van der Waals surface area contributed by atoms with Gasteiger partial charge in [-0.05, 0) is 76.4 Å². The van der Waals surface area contributed by atoms with Gasteiger partial charge in [0.2, 0.25) is 0 Å². The Balaban J connectivity index is 1.65. The van der Waals surface area contributed by atoms with Crippen LogP contribution in [0, 0.1) is 11.8 Å². The van der Waals surface area contributed by atoms with Crippen molar-refractivity contribution in [1.29, 1.82) is 0 Å². The summed E-state index contributed by atoms with van der Waals surface area (Å²) in [5, 5.41) is 10.3. The lowest BCUT2D eigenvalue weighted by atomic mass is 9.86. The van der Waals surface area contributed by atoms with Gasteiger partial charge >= 0.3 is 5.97 Å². The van der Waals surface area contributed by atoms with Crippen LogP contribution in [0.15, 0.2) is 54.6 Å². The lowest BCUT2D eigenvalue weighted by molar-refractivity contribution is -0.147. The van der Waals surface area contributed by atoms with Crippen LogP contribution in [0.4, 0.5) is 0 Å². The third kappa shape index (κ3) is 9.08. The number of hydrogen-bond donors (Lipinski definition) is 1. The van der Waals surface area contributed by atoms with Crippen molar-refractivity contribution in [3.05, 3.63) is 60.2 Å². The monoisotopic (exact) mass is 412 g/mol. The summed E-state index contributed by atoms with van der Waals surface area (Å²) in [6.45, 7) is 3.70. The molecule has 1 aliphatic carbocycles. The van der Waals surface area contributed by atoms with E-state index in [1.165, 1.54) is 5.56 Å². The second-order valence-corrected chi connectivity index (χ2v) is 8.43. The lowest BCUT2D eigenvalue weighted by Crippen LogP contribution is -2.17. The Morgan fingerprint density at radius 1 is 1.17 bits per heavy atom. The number of unbranched alkanes of at least 4 members (excludes halogenated alkanes) is 1. The van der Waals surface area contributed by atoms with Crippen molar-refractivity contribution in [2.24, 2.45) is 11.8 Å². The van der Waals surface area contributed by atoms with Gasteiger partial charge in [0.25, 0.3) is 0 Å². The van der Waals surface area contributed by atoms with E-state index >= 15 is 0 Å². The number of carbonyl (C=O) groups is 2. The van der Waals surface area contributed by atoms with E-state index in [2.05, 4.69) is 24.3 Å². The zero-order chi connectivity index (χ0) is 21.8. The molecule has 4 nitrogen and oxygen atoms in total. The van der Waals surface area contributed by atoms with Crippen LogP contribution in [0.3, 0.4) is 0 Å². The third-order valence-electron chi connectivity index (χ3n) is 5.51. The molecule has 0 aromatic heterocycles. The number of hydrogen-bond acceptors (Lipinski definition) is 4. The van der Waals surface area contributed by atoms with Crippen molar-refractivity contribution in [3.8, 4) is 0 Å². The van der Waals surface area contributed by atoms with Gasteiger partial charge in [0.15, 0.2) is 5.78 Å². The van der Waals surface area contributed by atoms with E-state index in [0.29, 0.717) is 19.3 Å². The minimum atomic E-state index is -0.337. The number of benzene rings is 1. The molecule has 1 aromatic rings. The summed E-state index contributed by atoms with van der Waals surface area (Å²) in [6.07, 6.45) is 13.3. The maximum atomic E-state index is 12.2. The maximum absolute atomic E-state index is 12.2. The molecule has 3 atom stereocenters. The maximum Gasteiger partial charge on any atom is 0.306 e. The van der Waals surface area contributed by atoms with Gasteiger partial charge in [0.05, 0.1) is 12.2 Å². The molecule has 0 amide bonds. The number of aliphatic hydroxyl groups is 1. The molecule has 3 unspecified atom stereocenters. The smallest absolute Gasteiger partial charge is 0.306 e. The number of carbonyl (C=O) groups excluding carboxylic acids is 2. The number of ketones is 1. The second kappa shape index (κ2) is 13.2. The third-order valence-corrected chi connectivity index (χ3v) is 5.51. The van der Waals surface area contributed by atoms with Crippen LogP contribution in [0.2, 0.25) is 0 Å². The van der Waals surface area contributed by atoms with Gasteiger partial charge < -0.3 is 9.84 Å². The second-order valence-electron chi connectivity index (χ2n) is 8.43. The Bertz CT molecular complexity index is 705. The standard InChI is InChI=1S/C26H36O4/c1-20(2)30-26(29)13-9-4-3-8-12-24-22(16-19-25(24)28)15-18-23(27)17-14-21-10-6-5-7-11-21/h3,5-8,10-11,16,19-20,22-24,27H,4,9,12-15,17-18H2,1-2H3/b8-3+. The Morgan fingerprint density at radius 2 is 1.93 bits per heavy atom. The topological polar surface area (TPSA) is 63.6 Å². The highest BCUT2D eigenvalue weighted by Gasteiger charge is 2.29. The first-order valence-corrected chi connectivity index (χ1v) is 11.2. The number of aliphatic hydroxyl groups excluding tert-OH is 1. The summed E-state index contributed by atoms with van der Waals surface area (Å²) in [6, 6.07) is 10.2. The number of allylic oxidation sites excluding steroid dienone is 4. The van der Waals surface area contributed by atoms with Crippen LogP contribution in [0.1, 0.15) is 64.4 Å². The van der Waals surface area contributed by atoms with Gasteiger partial charge in [0, 0.05) is 12.3 Å². The summed E-state index contributed by atoms with van der Waals surface area (Å²) in [4.78, 5) is 23.7. The van der Waals surface area contributed by atoms with Gasteiger partial charge in [-0.3, -0.25) is 9.59 Å².